The molecule has 5 nitrogen and oxygen atoms in total. The summed E-state index contributed by atoms with van der Waals surface area (Å²) in [6.45, 7) is 0.757. The molecule has 120 valence electrons. The van der Waals surface area contributed by atoms with Crippen molar-refractivity contribution < 1.29 is 13.9 Å². The van der Waals surface area contributed by atoms with Gasteiger partial charge in [0.05, 0.1) is 22.6 Å². The average molecular weight is 342 g/mol. The predicted molar refractivity (Wildman–Crippen MR) is 86.6 cm³/mol. The highest BCUT2D eigenvalue weighted by atomic mass is 32.1. The molecule has 4 heterocycles. The molecule has 2 aliphatic rings. The van der Waals surface area contributed by atoms with Crippen molar-refractivity contribution in [2.45, 2.75) is 5.72 Å². The molecule has 24 heavy (non-hydrogen) atoms. The normalized spacial score (nSPS) is 22.2. The number of halogens is 1. The summed E-state index contributed by atoms with van der Waals surface area (Å²) < 4.78 is 19.6. The number of nitrogens with one attached hydrogen (secondary N) is 1. The van der Waals surface area contributed by atoms with Crippen molar-refractivity contribution in [2.24, 2.45) is 0 Å². The maximum Gasteiger partial charge on any atom is 0.273 e. The van der Waals surface area contributed by atoms with Gasteiger partial charge in [-0.05, 0) is 29.6 Å². The van der Waals surface area contributed by atoms with Crippen LogP contribution in [0.3, 0.4) is 0 Å². The SMILES string of the molecule is O=C1c2[nH]c3ccc(F)cc3c(=O)c2C2(c3cccs3)OCCN12. The maximum absolute atomic E-state index is 13.6. The van der Waals surface area contributed by atoms with Crippen LogP contribution in [0.1, 0.15) is 20.9 Å². The number of benzene rings is 1. The van der Waals surface area contributed by atoms with Gasteiger partial charge in [-0.2, -0.15) is 0 Å². The number of pyridine rings is 1. The van der Waals surface area contributed by atoms with E-state index in [-0.39, 0.29) is 28.0 Å². The van der Waals surface area contributed by atoms with Gasteiger partial charge in [-0.15, -0.1) is 11.3 Å². The van der Waals surface area contributed by atoms with E-state index in [2.05, 4.69) is 4.98 Å². The Bertz CT molecular complexity index is 1060. The Morgan fingerprint density at radius 3 is 2.96 bits per heavy atom. The third-order valence-corrected chi connectivity index (χ3v) is 5.58. The molecule has 0 spiro atoms. The number of aromatic nitrogens is 1. The zero-order valence-corrected chi connectivity index (χ0v) is 13.2. The Hall–Kier alpha value is -2.51. The Labute approximate surface area is 139 Å². The number of hydrogen-bond donors (Lipinski definition) is 1. The fourth-order valence-electron chi connectivity index (χ4n) is 3.65. The summed E-state index contributed by atoms with van der Waals surface area (Å²) in [6.07, 6.45) is 0. The van der Waals surface area contributed by atoms with E-state index in [0.29, 0.717) is 18.7 Å². The van der Waals surface area contributed by atoms with Gasteiger partial charge in [0, 0.05) is 11.9 Å². The lowest BCUT2D eigenvalue weighted by Gasteiger charge is -2.29. The highest BCUT2D eigenvalue weighted by molar-refractivity contribution is 7.10. The lowest BCUT2D eigenvalue weighted by molar-refractivity contribution is -0.0281. The van der Waals surface area contributed by atoms with E-state index >= 15 is 0 Å². The number of H-pyrrole nitrogens is 1. The lowest BCUT2D eigenvalue weighted by atomic mass is 9.99. The van der Waals surface area contributed by atoms with Crippen molar-refractivity contribution in [1.29, 1.82) is 0 Å². The van der Waals surface area contributed by atoms with E-state index in [1.54, 1.807) is 4.90 Å². The molecule has 1 unspecified atom stereocenters. The van der Waals surface area contributed by atoms with Crippen molar-refractivity contribution in [3.63, 3.8) is 0 Å². The number of ether oxygens (including phenoxy) is 1. The average Bonchev–Trinajstić information content (AvgIpc) is 3.27. The second kappa shape index (κ2) is 4.52. The van der Waals surface area contributed by atoms with Crippen LogP contribution in [0.5, 0.6) is 0 Å². The second-order valence-electron chi connectivity index (χ2n) is 5.82. The van der Waals surface area contributed by atoms with Crippen molar-refractivity contribution in [3.05, 3.63) is 67.9 Å². The molecule has 2 aromatic heterocycles. The summed E-state index contributed by atoms with van der Waals surface area (Å²) in [4.78, 5) is 31.3. The Balaban J connectivity index is 1.93. The lowest BCUT2D eigenvalue weighted by Crippen LogP contribution is -2.41. The van der Waals surface area contributed by atoms with Gasteiger partial charge in [0.2, 0.25) is 5.72 Å². The smallest absolute Gasteiger partial charge is 0.273 e. The molecule has 1 fully saturated rings. The van der Waals surface area contributed by atoms with Crippen molar-refractivity contribution in [3.8, 4) is 0 Å². The fourth-order valence-corrected chi connectivity index (χ4v) is 4.54. The van der Waals surface area contributed by atoms with E-state index < -0.39 is 11.5 Å². The van der Waals surface area contributed by atoms with Crippen LogP contribution in [0.25, 0.3) is 10.9 Å². The van der Waals surface area contributed by atoms with Crippen LogP contribution in [0, 0.1) is 5.82 Å². The van der Waals surface area contributed by atoms with Gasteiger partial charge in [0.1, 0.15) is 11.5 Å². The molecule has 1 saturated heterocycles. The molecule has 1 N–H and O–H groups in total. The summed E-state index contributed by atoms with van der Waals surface area (Å²) >= 11 is 1.42. The number of carbonyl (C=O) groups is 1. The molecule has 0 saturated carbocycles. The number of thiophene rings is 1. The summed E-state index contributed by atoms with van der Waals surface area (Å²) in [5.74, 6) is -0.758. The number of aromatic amines is 1. The van der Waals surface area contributed by atoms with Crippen LogP contribution in [0.4, 0.5) is 4.39 Å². The van der Waals surface area contributed by atoms with Gasteiger partial charge in [0.15, 0.2) is 5.43 Å². The molecule has 3 aromatic rings. The fraction of sp³-hybridized carbons (Fsp3) is 0.176. The van der Waals surface area contributed by atoms with Crippen LogP contribution < -0.4 is 5.43 Å². The monoisotopic (exact) mass is 342 g/mol. The highest BCUT2D eigenvalue weighted by Gasteiger charge is 2.58. The van der Waals surface area contributed by atoms with Gasteiger partial charge in [0.25, 0.3) is 5.91 Å². The minimum atomic E-state index is -1.20. The van der Waals surface area contributed by atoms with E-state index in [9.17, 15) is 14.0 Å². The van der Waals surface area contributed by atoms with Crippen molar-refractivity contribution in [1.82, 2.24) is 9.88 Å². The first-order chi connectivity index (χ1) is 11.6. The van der Waals surface area contributed by atoms with Crippen molar-refractivity contribution >= 4 is 28.1 Å². The number of hydrogen-bond acceptors (Lipinski definition) is 4. The van der Waals surface area contributed by atoms with Crippen LogP contribution in [-0.2, 0) is 10.5 Å². The summed E-state index contributed by atoms with van der Waals surface area (Å²) in [5.41, 5.74) is -0.646. The van der Waals surface area contributed by atoms with Crippen LogP contribution in [-0.4, -0.2) is 28.9 Å². The molecule has 0 bridgehead atoms. The van der Waals surface area contributed by atoms with Gasteiger partial charge in [-0.1, -0.05) is 6.07 Å². The zero-order chi connectivity index (χ0) is 16.5. The van der Waals surface area contributed by atoms with E-state index in [1.165, 1.54) is 29.5 Å². The maximum atomic E-state index is 13.6. The number of amides is 1. The third-order valence-electron chi connectivity index (χ3n) is 4.62. The van der Waals surface area contributed by atoms with Gasteiger partial charge in [-0.25, -0.2) is 4.39 Å². The molecular formula is C17H11FN2O3S. The van der Waals surface area contributed by atoms with Gasteiger partial charge < -0.3 is 9.72 Å². The van der Waals surface area contributed by atoms with Crippen LogP contribution in [0.15, 0.2) is 40.5 Å². The molecule has 1 aromatic carbocycles. The predicted octanol–water partition coefficient (Wildman–Crippen LogP) is 2.42. The first-order valence-electron chi connectivity index (χ1n) is 7.49. The summed E-state index contributed by atoms with van der Waals surface area (Å²) in [5, 5.41) is 2.09. The first kappa shape index (κ1) is 13.9. The Morgan fingerprint density at radius 2 is 2.17 bits per heavy atom. The number of rotatable bonds is 1. The molecule has 7 heteroatoms. The largest absolute Gasteiger partial charge is 0.350 e. The number of nitrogens with zero attached hydrogens (tertiary/aromatic N) is 1. The minimum absolute atomic E-state index is 0.217. The summed E-state index contributed by atoms with van der Waals surface area (Å²) in [7, 11) is 0. The standard InChI is InChI=1S/C17H11FN2O3S/c18-9-3-4-11-10(8-9)15(21)13-14(19-11)16(22)20-5-6-23-17(13,20)12-2-1-7-24-12/h1-4,7-8H,5-6H2,(H,19,21). The topological polar surface area (TPSA) is 62.4 Å². The Kier molecular flexibility index (Phi) is 2.62. The van der Waals surface area contributed by atoms with Crippen LogP contribution >= 0.6 is 11.3 Å². The van der Waals surface area contributed by atoms with Crippen molar-refractivity contribution in [2.75, 3.05) is 13.2 Å². The molecule has 0 aliphatic carbocycles. The molecule has 0 radical (unpaired) electrons. The van der Waals surface area contributed by atoms with E-state index in [0.717, 1.165) is 4.88 Å². The quantitative estimate of drug-likeness (QED) is 0.739. The summed E-state index contributed by atoms with van der Waals surface area (Å²) in [6, 6.07) is 7.63. The van der Waals surface area contributed by atoms with Gasteiger partial charge >= 0.3 is 0 Å². The number of carbonyl (C=O) groups excluding carboxylic acids is 1. The molecule has 5 rings (SSSR count). The van der Waals surface area contributed by atoms with Crippen LogP contribution in [0.2, 0.25) is 0 Å². The first-order valence-corrected chi connectivity index (χ1v) is 8.37. The van der Waals surface area contributed by atoms with E-state index in [1.807, 2.05) is 17.5 Å². The second-order valence-corrected chi connectivity index (χ2v) is 6.77. The molecular weight excluding hydrogens is 331 g/mol. The van der Waals surface area contributed by atoms with Gasteiger partial charge in [-0.3, -0.25) is 14.5 Å². The minimum Gasteiger partial charge on any atom is -0.350 e. The highest BCUT2D eigenvalue weighted by Crippen LogP contribution is 2.47. The molecule has 1 amide bonds. The number of fused-ring (bicyclic) bond motifs is 4. The zero-order valence-electron chi connectivity index (χ0n) is 12.3. The van der Waals surface area contributed by atoms with E-state index in [4.69, 9.17) is 4.74 Å². The Morgan fingerprint density at radius 1 is 1.29 bits per heavy atom. The third kappa shape index (κ3) is 1.51. The molecule has 1 atom stereocenters. The molecule has 2 aliphatic heterocycles.